The first kappa shape index (κ1) is 32.0. The van der Waals surface area contributed by atoms with Gasteiger partial charge >= 0.3 is 6.09 Å². The molecular formula is C30H39FN6O5. The number of benzene rings is 1. The molecule has 0 saturated heterocycles. The number of carbonyl (C=O) groups excluding carboxylic acids is 2. The predicted octanol–water partition coefficient (Wildman–Crippen LogP) is 4.09. The third-order valence-corrected chi connectivity index (χ3v) is 6.57. The van der Waals surface area contributed by atoms with Crippen molar-refractivity contribution in [2.45, 2.75) is 46.6 Å². The molecule has 0 unspecified atom stereocenters. The summed E-state index contributed by atoms with van der Waals surface area (Å²) in [5, 5.41) is 12.0. The van der Waals surface area contributed by atoms with Gasteiger partial charge in [0.25, 0.3) is 5.56 Å². The van der Waals surface area contributed by atoms with Gasteiger partial charge in [0, 0.05) is 33.9 Å². The van der Waals surface area contributed by atoms with Crippen LogP contribution in [0.4, 0.5) is 14.9 Å². The third kappa shape index (κ3) is 8.76. The average molecular weight is 583 g/mol. The number of hydrogen-bond donors (Lipinski definition) is 3. The van der Waals surface area contributed by atoms with Crippen molar-refractivity contribution in [3.63, 3.8) is 0 Å². The van der Waals surface area contributed by atoms with Crippen LogP contribution in [0.5, 0.6) is 0 Å². The molecule has 3 aromatic rings. The smallest absolute Gasteiger partial charge is 0.407 e. The number of nitrogens with one attached hydrogen (secondary N) is 2. The van der Waals surface area contributed by atoms with Crippen LogP contribution in [0, 0.1) is 17.2 Å². The van der Waals surface area contributed by atoms with Crippen molar-refractivity contribution in [3.05, 3.63) is 70.2 Å². The van der Waals surface area contributed by atoms with Crippen molar-refractivity contribution in [2.24, 2.45) is 11.3 Å². The van der Waals surface area contributed by atoms with Crippen LogP contribution < -0.4 is 10.9 Å². The van der Waals surface area contributed by atoms with E-state index in [1.165, 1.54) is 40.8 Å². The molecule has 226 valence electrons. The fourth-order valence-corrected chi connectivity index (χ4v) is 4.48. The first-order valence-electron chi connectivity index (χ1n) is 13.6. The number of likely N-dealkylation sites (N-methyl/N-ethyl adjacent to an activating group) is 1. The Hall–Kier alpha value is -4.48. The van der Waals surface area contributed by atoms with Crippen molar-refractivity contribution >= 4 is 34.6 Å². The van der Waals surface area contributed by atoms with Crippen molar-refractivity contribution < 1.29 is 23.9 Å². The largest absolute Gasteiger partial charge is 0.465 e. The Balaban J connectivity index is 1.80. The van der Waals surface area contributed by atoms with E-state index in [9.17, 15) is 28.7 Å². The number of imidazole rings is 1. The molecule has 0 aliphatic heterocycles. The number of aromatic amines is 1. The number of carboxylic acid groups (broad SMARTS) is 1. The van der Waals surface area contributed by atoms with Crippen LogP contribution in [0.1, 0.15) is 45.0 Å². The number of H-pyrrole nitrogens is 1. The molecule has 0 bridgehead atoms. The summed E-state index contributed by atoms with van der Waals surface area (Å²) in [6.07, 6.45) is 4.62. The Bertz CT molecular complexity index is 1540. The number of fused-ring (bicyclic) bond motifs is 1. The van der Waals surface area contributed by atoms with Gasteiger partial charge in [-0.25, -0.2) is 14.2 Å². The second kappa shape index (κ2) is 13.5. The molecule has 2 aromatic heterocycles. The summed E-state index contributed by atoms with van der Waals surface area (Å²) < 4.78 is 15.7. The van der Waals surface area contributed by atoms with Gasteiger partial charge in [-0.15, -0.1) is 0 Å². The Morgan fingerprint density at radius 2 is 1.93 bits per heavy atom. The first-order valence-corrected chi connectivity index (χ1v) is 13.6. The molecule has 0 fully saturated rings. The van der Waals surface area contributed by atoms with Gasteiger partial charge in [0.05, 0.1) is 23.5 Å². The summed E-state index contributed by atoms with van der Waals surface area (Å²) in [7, 11) is 4.60. The Morgan fingerprint density at radius 1 is 1.21 bits per heavy atom. The first-order chi connectivity index (χ1) is 19.6. The normalized spacial score (nSPS) is 12.5. The number of halogens is 1. The maximum atomic E-state index is 14.3. The number of aromatic nitrogens is 3. The quantitative estimate of drug-likeness (QED) is 0.291. The standard InChI is InChI=1S/C30H39FN6O5/c1-30(2,3)16-20-14-21(31)15-23-26(20)34-24(32-23)18-37-13-9-11-22(28(37)40)33-27(39)19(17-36(6)29(41)42)10-7-8-12-25(38)35(4)5/h8-9,11-15,19H,7,10,16-18H2,1-6H3,(H,32,34)(H,33,39)(H,41,42)/b12-8+/t19-/m0/s1. The zero-order valence-corrected chi connectivity index (χ0v) is 24.9. The van der Waals surface area contributed by atoms with E-state index >= 15 is 0 Å². The molecule has 0 radical (unpaired) electrons. The van der Waals surface area contributed by atoms with E-state index in [0.717, 1.165) is 10.5 Å². The summed E-state index contributed by atoms with van der Waals surface area (Å²) in [6, 6.07) is 5.93. The molecular weight excluding hydrogens is 543 g/mol. The molecule has 3 rings (SSSR count). The lowest BCUT2D eigenvalue weighted by Crippen LogP contribution is -2.37. The molecule has 3 N–H and O–H groups in total. The van der Waals surface area contributed by atoms with E-state index in [-0.39, 0.29) is 42.3 Å². The third-order valence-electron chi connectivity index (χ3n) is 6.57. The lowest BCUT2D eigenvalue weighted by atomic mass is 9.87. The molecule has 2 heterocycles. The predicted molar refractivity (Wildman–Crippen MR) is 159 cm³/mol. The van der Waals surface area contributed by atoms with Gasteiger partial charge in [-0.1, -0.05) is 26.8 Å². The Morgan fingerprint density at radius 3 is 2.57 bits per heavy atom. The molecule has 0 saturated carbocycles. The van der Waals surface area contributed by atoms with Gasteiger partial charge in [-0.3, -0.25) is 14.4 Å². The van der Waals surface area contributed by atoms with E-state index in [0.29, 0.717) is 29.7 Å². The number of nitrogens with zero attached hydrogens (tertiary/aromatic N) is 4. The molecule has 12 heteroatoms. The minimum absolute atomic E-state index is 0.0272. The number of hydrogen-bond acceptors (Lipinski definition) is 5. The van der Waals surface area contributed by atoms with Crippen LogP contribution in [-0.2, 0) is 22.6 Å². The maximum absolute atomic E-state index is 14.3. The number of amides is 3. The lowest BCUT2D eigenvalue weighted by molar-refractivity contribution is -0.123. The topological polar surface area (TPSA) is 141 Å². The zero-order chi connectivity index (χ0) is 31.2. The average Bonchev–Trinajstić information content (AvgIpc) is 3.29. The summed E-state index contributed by atoms with van der Waals surface area (Å²) in [5.41, 5.74) is 1.42. The molecule has 0 aliphatic carbocycles. The molecule has 1 aromatic carbocycles. The molecule has 3 amide bonds. The number of pyridine rings is 1. The van der Waals surface area contributed by atoms with E-state index < -0.39 is 23.5 Å². The van der Waals surface area contributed by atoms with E-state index in [1.54, 1.807) is 32.4 Å². The number of anilines is 1. The summed E-state index contributed by atoms with van der Waals surface area (Å²) in [4.78, 5) is 59.8. The van der Waals surface area contributed by atoms with E-state index in [1.807, 2.05) is 0 Å². The highest BCUT2D eigenvalue weighted by Crippen LogP contribution is 2.27. The van der Waals surface area contributed by atoms with Gasteiger partial charge in [-0.2, -0.15) is 0 Å². The van der Waals surface area contributed by atoms with Crippen molar-refractivity contribution in [1.82, 2.24) is 24.3 Å². The van der Waals surface area contributed by atoms with Crippen LogP contribution in [-0.4, -0.2) is 75.0 Å². The molecule has 1 atom stereocenters. The Labute approximate surface area is 244 Å². The fraction of sp³-hybridized carbons (Fsp3) is 0.433. The van der Waals surface area contributed by atoms with E-state index in [2.05, 4.69) is 36.1 Å². The lowest BCUT2D eigenvalue weighted by Gasteiger charge is -2.21. The highest BCUT2D eigenvalue weighted by Gasteiger charge is 2.23. The second-order valence-corrected chi connectivity index (χ2v) is 11.8. The minimum atomic E-state index is -1.19. The number of carbonyl (C=O) groups is 3. The van der Waals surface area contributed by atoms with Crippen LogP contribution in [0.2, 0.25) is 0 Å². The SMILES string of the molecule is CN(C)C(=O)/C=C/CC[C@@H](CN(C)C(=O)O)C(=O)Nc1cccn(Cc2nc3c(CC(C)(C)C)cc(F)cc3[nH]2)c1=O. The minimum Gasteiger partial charge on any atom is -0.465 e. The van der Waals surface area contributed by atoms with Crippen LogP contribution in [0.15, 0.2) is 47.4 Å². The molecule has 0 spiro atoms. The highest BCUT2D eigenvalue weighted by molar-refractivity contribution is 5.92. The van der Waals surface area contributed by atoms with Crippen molar-refractivity contribution in [1.29, 1.82) is 0 Å². The highest BCUT2D eigenvalue weighted by atomic mass is 19.1. The molecule has 11 nitrogen and oxygen atoms in total. The van der Waals surface area contributed by atoms with Gasteiger partial charge in [0.15, 0.2) is 0 Å². The zero-order valence-electron chi connectivity index (χ0n) is 24.9. The maximum Gasteiger partial charge on any atom is 0.407 e. The fourth-order valence-electron chi connectivity index (χ4n) is 4.48. The Kier molecular flexibility index (Phi) is 10.3. The van der Waals surface area contributed by atoms with Crippen molar-refractivity contribution in [3.8, 4) is 0 Å². The van der Waals surface area contributed by atoms with Crippen LogP contribution in [0.3, 0.4) is 0 Å². The summed E-state index contributed by atoms with van der Waals surface area (Å²) in [6.45, 7) is 6.14. The van der Waals surface area contributed by atoms with Gasteiger partial charge < -0.3 is 29.8 Å². The second-order valence-electron chi connectivity index (χ2n) is 11.8. The van der Waals surface area contributed by atoms with Crippen LogP contribution in [0.25, 0.3) is 11.0 Å². The number of allylic oxidation sites excluding steroid dienone is 1. The summed E-state index contributed by atoms with van der Waals surface area (Å²) in [5.74, 6) is -1.41. The monoisotopic (exact) mass is 582 g/mol. The van der Waals surface area contributed by atoms with Gasteiger partial charge in [-0.05, 0) is 60.6 Å². The van der Waals surface area contributed by atoms with Gasteiger partial charge in [0.2, 0.25) is 11.8 Å². The summed E-state index contributed by atoms with van der Waals surface area (Å²) >= 11 is 0. The van der Waals surface area contributed by atoms with Crippen molar-refractivity contribution in [2.75, 3.05) is 33.0 Å². The van der Waals surface area contributed by atoms with Gasteiger partial charge in [0.1, 0.15) is 17.3 Å². The number of rotatable bonds is 11. The molecule has 0 aliphatic rings. The van der Waals surface area contributed by atoms with Crippen LogP contribution >= 0.6 is 0 Å². The molecule has 42 heavy (non-hydrogen) atoms. The van der Waals surface area contributed by atoms with E-state index in [4.69, 9.17) is 0 Å².